The summed E-state index contributed by atoms with van der Waals surface area (Å²) in [4.78, 5) is 40.5. The average molecular weight is 510 g/mol. The Morgan fingerprint density at radius 3 is 2.77 bits per heavy atom. The number of nitrogens with zero attached hydrogens (tertiary/aromatic N) is 1. The summed E-state index contributed by atoms with van der Waals surface area (Å²) >= 11 is 6.03. The molecule has 4 rings (SSSR count). The van der Waals surface area contributed by atoms with Gasteiger partial charge in [0.25, 0.3) is 0 Å². The minimum absolute atomic E-state index is 0.0509. The third kappa shape index (κ3) is 3.05. The van der Waals surface area contributed by atoms with Crippen LogP contribution in [0.3, 0.4) is 0 Å². The van der Waals surface area contributed by atoms with Crippen LogP contribution in [0.4, 0.5) is 0 Å². The van der Waals surface area contributed by atoms with Crippen molar-refractivity contribution < 1.29 is 24.2 Å². The number of thioether (sulfide) groups is 1. The van der Waals surface area contributed by atoms with Crippen molar-refractivity contribution >= 4 is 66.8 Å². The van der Waals surface area contributed by atoms with Crippen LogP contribution in [0.2, 0.25) is 0 Å². The number of fused-ring (bicyclic) bond motifs is 2. The molecule has 2 aliphatic heterocycles. The summed E-state index contributed by atoms with van der Waals surface area (Å²) in [6.45, 7) is 7.27. The number of hydrogen-bond donors (Lipinski definition) is 1. The van der Waals surface area contributed by atoms with Gasteiger partial charge >= 0.3 is 5.97 Å². The Bertz CT molecular complexity index is 1030. The van der Waals surface area contributed by atoms with Crippen molar-refractivity contribution in [3.63, 3.8) is 0 Å². The quantitative estimate of drug-likeness (QED) is 0.211. The second-order valence-corrected chi connectivity index (χ2v) is 11.9. The highest BCUT2D eigenvalue weighted by Crippen LogP contribution is 2.59. The molecular weight excluding hydrogens is 490 g/mol. The fourth-order valence-electron chi connectivity index (χ4n) is 3.93. The first-order valence-electron chi connectivity index (χ1n) is 9.31. The van der Waals surface area contributed by atoms with E-state index in [-0.39, 0.29) is 6.61 Å². The maximum Gasteiger partial charge on any atom is 0.330 e. The summed E-state index contributed by atoms with van der Waals surface area (Å²) in [5.41, 5.74) is 0. The van der Waals surface area contributed by atoms with Gasteiger partial charge in [-0.05, 0) is 31.4 Å². The van der Waals surface area contributed by atoms with Gasteiger partial charge in [-0.1, -0.05) is 46.8 Å². The summed E-state index contributed by atoms with van der Waals surface area (Å²) < 4.78 is 3.98. The standard InChI is InChI=1S/C21H20BrNO5S2/c1-4-9-28-17(26)15-20(2,3)30-19-21(22,18(27)23(15)19)16(25)14(24)13-10-11-7-5-6-8-12(11)29-13/h4-8,10,15-16,19,25H,1,9H2,2-3H3/t15-,16?,19+,21-/m0/s1. The number of amides is 1. The number of aliphatic hydroxyl groups is 1. The van der Waals surface area contributed by atoms with E-state index in [0.29, 0.717) is 4.88 Å². The van der Waals surface area contributed by atoms with Crippen molar-refractivity contribution in [1.82, 2.24) is 4.90 Å². The van der Waals surface area contributed by atoms with Gasteiger partial charge in [-0.25, -0.2) is 4.79 Å². The van der Waals surface area contributed by atoms with Crippen LogP contribution in [0.5, 0.6) is 0 Å². The predicted molar refractivity (Wildman–Crippen MR) is 121 cm³/mol. The number of rotatable bonds is 6. The third-order valence-electron chi connectivity index (χ3n) is 5.41. The zero-order valence-corrected chi connectivity index (χ0v) is 19.6. The molecule has 6 nitrogen and oxygen atoms in total. The van der Waals surface area contributed by atoms with E-state index in [9.17, 15) is 19.5 Å². The SMILES string of the molecule is C=CCOC(=O)[C@@H]1N2C(=O)[C@@](Br)(C(O)C(=O)c3cc4ccccc4s3)[C@H]2SC1(C)C. The Morgan fingerprint density at radius 2 is 2.10 bits per heavy atom. The van der Waals surface area contributed by atoms with Crippen LogP contribution in [-0.4, -0.2) is 60.9 Å². The van der Waals surface area contributed by atoms with Crippen LogP contribution in [0.15, 0.2) is 43.0 Å². The molecule has 2 aliphatic rings. The third-order valence-corrected chi connectivity index (χ3v) is 9.70. The molecule has 1 aromatic heterocycles. The van der Waals surface area contributed by atoms with Crippen LogP contribution in [0.25, 0.3) is 10.1 Å². The Morgan fingerprint density at radius 1 is 1.40 bits per heavy atom. The lowest BCUT2D eigenvalue weighted by Gasteiger charge is -2.51. The van der Waals surface area contributed by atoms with Gasteiger partial charge in [-0.3, -0.25) is 9.59 Å². The molecule has 1 unspecified atom stereocenters. The van der Waals surface area contributed by atoms with Gasteiger partial charge in [0.15, 0.2) is 4.32 Å². The normalized spacial score (nSPS) is 28.0. The molecule has 3 heterocycles. The van der Waals surface area contributed by atoms with E-state index in [1.165, 1.54) is 34.1 Å². The zero-order chi connectivity index (χ0) is 21.8. The number of ether oxygens (including phenoxy) is 1. The van der Waals surface area contributed by atoms with E-state index in [2.05, 4.69) is 22.5 Å². The molecule has 9 heteroatoms. The number of carbonyl (C=O) groups is 3. The minimum atomic E-state index is -1.58. The van der Waals surface area contributed by atoms with E-state index in [4.69, 9.17) is 4.74 Å². The Labute approximate surface area is 190 Å². The molecule has 0 spiro atoms. The molecule has 0 saturated carbocycles. The molecule has 30 heavy (non-hydrogen) atoms. The number of benzene rings is 1. The van der Waals surface area contributed by atoms with Gasteiger partial charge in [-0.2, -0.15) is 0 Å². The van der Waals surface area contributed by atoms with Crippen LogP contribution < -0.4 is 0 Å². The first-order valence-corrected chi connectivity index (χ1v) is 11.8. The van der Waals surface area contributed by atoms with E-state index in [1.807, 2.05) is 38.1 Å². The van der Waals surface area contributed by atoms with Gasteiger partial charge < -0.3 is 14.7 Å². The number of halogens is 1. The maximum atomic E-state index is 13.1. The molecule has 0 radical (unpaired) electrons. The lowest BCUT2D eigenvalue weighted by molar-refractivity contribution is -0.165. The van der Waals surface area contributed by atoms with Crippen LogP contribution in [-0.2, 0) is 14.3 Å². The molecule has 0 bridgehead atoms. The highest BCUT2D eigenvalue weighted by atomic mass is 79.9. The van der Waals surface area contributed by atoms with Crippen molar-refractivity contribution in [3.8, 4) is 0 Å². The number of aliphatic hydroxyl groups excluding tert-OH is 1. The highest BCUT2D eigenvalue weighted by molar-refractivity contribution is 9.10. The zero-order valence-electron chi connectivity index (χ0n) is 16.3. The summed E-state index contributed by atoms with van der Waals surface area (Å²) in [6.07, 6.45) is -0.115. The topological polar surface area (TPSA) is 83.9 Å². The summed E-state index contributed by atoms with van der Waals surface area (Å²) in [6, 6.07) is 8.47. The largest absolute Gasteiger partial charge is 0.460 e. The van der Waals surface area contributed by atoms with E-state index < -0.39 is 44.3 Å². The summed E-state index contributed by atoms with van der Waals surface area (Å²) in [7, 11) is 0. The molecule has 1 amide bonds. The molecule has 2 aromatic rings. The predicted octanol–water partition coefficient (Wildman–Crippen LogP) is 3.37. The van der Waals surface area contributed by atoms with Gasteiger partial charge in [0.1, 0.15) is 24.1 Å². The summed E-state index contributed by atoms with van der Waals surface area (Å²) in [5, 5.41) is 11.3. The Kier molecular flexibility index (Phi) is 5.37. The van der Waals surface area contributed by atoms with Crippen LogP contribution >= 0.6 is 39.0 Å². The molecular formula is C21H20BrNO5S2. The van der Waals surface area contributed by atoms with Crippen molar-refractivity contribution in [2.45, 2.75) is 40.4 Å². The number of carbonyl (C=O) groups excluding carboxylic acids is 3. The lowest BCUT2D eigenvalue weighted by atomic mass is 9.85. The minimum Gasteiger partial charge on any atom is -0.460 e. The molecule has 1 aromatic carbocycles. The van der Waals surface area contributed by atoms with Gasteiger partial charge in [-0.15, -0.1) is 23.1 Å². The smallest absolute Gasteiger partial charge is 0.330 e. The number of ketones is 1. The van der Waals surface area contributed by atoms with Gasteiger partial charge in [0, 0.05) is 9.45 Å². The fraction of sp³-hybridized carbons (Fsp3) is 0.381. The van der Waals surface area contributed by atoms with Crippen molar-refractivity contribution in [2.24, 2.45) is 0 Å². The highest BCUT2D eigenvalue weighted by Gasteiger charge is 2.74. The number of alkyl halides is 1. The van der Waals surface area contributed by atoms with E-state index in [1.54, 1.807) is 6.07 Å². The molecule has 158 valence electrons. The number of esters is 1. The van der Waals surface area contributed by atoms with Gasteiger partial charge in [0.05, 0.1) is 4.88 Å². The molecule has 0 aliphatic carbocycles. The number of β-lactam (4-membered cyclic amide) rings is 1. The summed E-state index contributed by atoms with van der Waals surface area (Å²) in [5.74, 6) is -1.53. The number of Topliss-reactive ketones (excluding diaryl/α,β-unsaturated/α-hetero) is 1. The van der Waals surface area contributed by atoms with Crippen molar-refractivity contribution in [2.75, 3.05) is 6.61 Å². The van der Waals surface area contributed by atoms with Crippen molar-refractivity contribution in [3.05, 3.63) is 47.9 Å². The van der Waals surface area contributed by atoms with Crippen LogP contribution in [0.1, 0.15) is 23.5 Å². The number of thiophene rings is 1. The molecule has 2 fully saturated rings. The molecule has 2 saturated heterocycles. The van der Waals surface area contributed by atoms with E-state index >= 15 is 0 Å². The maximum absolute atomic E-state index is 13.1. The second kappa shape index (κ2) is 7.47. The van der Waals surface area contributed by atoms with Crippen LogP contribution in [0, 0.1) is 0 Å². The Hall–Kier alpha value is -1.68. The van der Waals surface area contributed by atoms with E-state index in [0.717, 1.165) is 10.1 Å². The Balaban J connectivity index is 1.61. The number of hydrogen-bond acceptors (Lipinski definition) is 7. The fourth-order valence-corrected chi connectivity index (χ4v) is 7.51. The monoisotopic (exact) mass is 509 g/mol. The first kappa shape index (κ1) is 21.5. The van der Waals surface area contributed by atoms with Gasteiger partial charge in [0.2, 0.25) is 11.7 Å². The molecule has 4 atom stereocenters. The average Bonchev–Trinajstić information content (AvgIpc) is 3.27. The van der Waals surface area contributed by atoms with Crippen molar-refractivity contribution in [1.29, 1.82) is 0 Å². The first-order chi connectivity index (χ1) is 14.1. The lowest BCUT2D eigenvalue weighted by Crippen LogP contribution is -2.75. The second-order valence-electron chi connectivity index (χ2n) is 7.79. The molecule has 1 N–H and O–H groups in total.